The second kappa shape index (κ2) is 8.22. The predicted molar refractivity (Wildman–Crippen MR) is 161 cm³/mol. The van der Waals surface area contributed by atoms with Crippen LogP contribution in [0.1, 0.15) is 0 Å². The van der Waals surface area contributed by atoms with Crippen molar-refractivity contribution in [1.82, 2.24) is 9.13 Å². The molecule has 0 aliphatic carbocycles. The monoisotopic (exact) mass is 484 g/mol. The summed E-state index contributed by atoms with van der Waals surface area (Å²) in [5, 5.41) is 7.66. The van der Waals surface area contributed by atoms with Crippen LogP contribution in [0.3, 0.4) is 0 Å². The quantitative estimate of drug-likeness (QED) is 0.221. The minimum absolute atomic E-state index is 1.18. The average Bonchev–Trinajstić information content (AvgIpc) is 3.63. The third kappa shape index (κ3) is 3.14. The van der Waals surface area contributed by atoms with Crippen LogP contribution in [0, 0.1) is 0 Å². The molecule has 0 aliphatic rings. The first-order valence-electron chi connectivity index (χ1n) is 13.0. The summed E-state index contributed by atoms with van der Waals surface area (Å²) in [4.78, 5) is 0. The van der Waals surface area contributed by atoms with E-state index in [-0.39, 0.29) is 0 Å². The number of aromatic nitrogens is 2. The molecule has 0 amide bonds. The molecule has 8 aromatic rings. The molecule has 2 aromatic heterocycles. The third-order valence-corrected chi connectivity index (χ3v) is 7.76. The van der Waals surface area contributed by atoms with Crippen LogP contribution < -0.4 is 0 Å². The summed E-state index contributed by atoms with van der Waals surface area (Å²) in [6.07, 6.45) is 4.36. The normalized spacial score (nSPS) is 11.7. The lowest BCUT2D eigenvalue weighted by Gasteiger charge is -2.13. The molecule has 0 spiro atoms. The van der Waals surface area contributed by atoms with E-state index >= 15 is 0 Å². The Hall–Kier alpha value is -5.08. The van der Waals surface area contributed by atoms with Gasteiger partial charge in [0.15, 0.2) is 0 Å². The summed E-state index contributed by atoms with van der Waals surface area (Å²) in [6.45, 7) is 0. The summed E-state index contributed by atoms with van der Waals surface area (Å²) in [7, 11) is 0. The first-order valence-corrected chi connectivity index (χ1v) is 13.0. The van der Waals surface area contributed by atoms with Gasteiger partial charge in [-0.25, -0.2) is 0 Å². The van der Waals surface area contributed by atoms with Crippen LogP contribution in [0.25, 0.3) is 65.9 Å². The minimum atomic E-state index is 1.18. The zero-order valence-electron chi connectivity index (χ0n) is 20.8. The molecule has 8 rings (SSSR count). The maximum absolute atomic E-state index is 2.37. The summed E-state index contributed by atoms with van der Waals surface area (Å²) < 4.78 is 4.57. The molecular weight excluding hydrogens is 460 g/mol. The van der Waals surface area contributed by atoms with Gasteiger partial charge in [-0.1, -0.05) is 78.9 Å². The van der Waals surface area contributed by atoms with Gasteiger partial charge in [0, 0.05) is 39.9 Å². The number of fused-ring (bicyclic) bond motifs is 7. The van der Waals surface area contributed by atoms with Gasteiger partial charge in [-0.2, -0.15) is 0 Å². The predicted octanol–water partition coefficient (Wildman–Crippen LogP) is 9.55. The Labute approximate surface area is 220 Å². The van der Waals surface area contributed by atoms with Gasteiger partial charge in [0.1, 0.15) is 0 Å². The van der Waals surface area contributed by atoms with Crippen LogP contribution in [0.15, 0.2) is 146 Å². The Morgan fingerprint density at radius 2 is 0.947 bits per heavy atom. The number of hydrogen-bond donors (Lipinski definition) is 0. The molecule has 0 bridgehead atoms. The Morgan fingerprint density at radius 1 is 0.368 bits per heavy atom. The van der Waals surface area contributed by atoms with E-state index in [1.165, 1.54) is 65.9 Å². The van der Waals surface area contributed by atoms with E-state index in [0.717, 1.165) is 0 Å². The molecule has 2 nitrogen and oxygen atoms in total. The molecule has 0 N–H and O–H groups in total. The van der Waals surface area contributed by atoms with Crippen molar-refractivity contribution in [2.24, 2.45) is 0 Å². The lowest BCUT2D eigenvalue weighted by atomic mass is 9.94. The zero-order valence-corrected chi connectivity index (χ0v) is 20.8. The molecular formula is C36H24N2. The van der Waals surface area contributed by atoms with Crippen LogP contribution in [-0.2, 0) is 0 Å². The Kier molecular flexibility index (Phi) is 4.55. The third-order valence-electron chi connectivity index (χ3n) is 7.76. The molecule has 38 heavy (non-hydrogen) atoms. The van der Waals surface area contributed by atoms with Crippen LogP contribution in [0.2, 0.25) is 0 Å². The first-order chi connectivity index (χ1) is 18.8. The lowest BCUT2D eigenvalue weighted by Crippen LogP contribution is -1.93. The fourth-order valence-corrected chi connectivity index (χ4v) is 5.97. The van der Waals surface area contributed by atoms with Gasteiger partial charge in [0.05, 0.1) is 11.0 Å². The molecule has 2 heteroatoms. The van der Waals surface area contributed by atoms with Gasteiger partial charge in [-0.05, 0) is 81.9 Å². The van der Waals surface area contributed by atoms with Crippen molar-refractivity contribution in [2.45, 2.75) is 0 Å². The van der Waals surface area contributed by atoms with E-state index in [4.69, 9.17) is 0 Å². The van der Waals surface area contributed by atoms with Gasteiger partial charge in [-0.3, -0.25) is 0 Å². The standard InChI is InChI=1S/C36H24N2/c1-3-9-28(10-4-1)37-21-19-27-23-25(16-18-35(27)37)26-15-17-31-33-20-22-38(29-11-5-2-6-12-29)36(33)32-14-8-7-13-30(32)34(31)24-26/h1-24H. The number of benzene rings is 6. The van der Waals surface area contributed by atoms with Crippen LogP contribution in [0.5, 0.6) is 0 Å². The first kappa shape index (κ1) is 21.0. The van der Waals surface area contributed by atoms with Crippen molar-refractivity contribution < 1.29 is 0 Å². The zero-order chi connectivity index (χ0) is 25.1. The van der Waals surface area contributed by atoms with Crippen LogP contribution in [-0.4, -0.2) is 9.13 Å². The molecule has 0 radical (unpaired) electrons. The van der Waals surface area contributed by atoms with Crippen molar-refractivity contribution in [1.29, 1.82) is 0 Å². The SMILES string of the molecule is c1ccc(-n2ccc3cc(-c4ccc5c(c4)c4ccccc4c4c5ccn4-c4ccccc4)ccc32)cc1. The van der Waals surface area contributed by atoms with E-state index in [2.05, 4.69) is 155 Å². The Balaban J connectivity index is 1.33. The molecule has 0 unspecified atom stereocenters. The van der Waals surface area contributed by atoms with E-state index in [9.17, 15) is 0 Å². The average molecular weight is 485 g/mol. The van der Waals surface area contributed by atoms with Gasteiger partial charge < -0.3 is 9.13 Å². The molecule has 0 atom stereocenters. The summed E-state index contributed by atoms with van der Waals surface area (Å²) in [6, 6.07) is 48.1. The fraction of sp³-hybridized carbons (Fsp3) is 0. The molecule has 0 saturated carbocycles. The van der Waals surface area contributed by atoms with E-state index < -0.39 is 0 Å². The highest BCUT2D eigenvalue weighted by Crippen LogP contribution is 2.39. The van der Waals surface area contributed by atoms with Gasteiger partial charge in [0.2, 0.25) is 0 Å². The van der Waals surface area contributed by atoms with E-state index in [0.29, 0.717) is 0 Å². The lowest BCUT2D eigenvalue weighted by molar-refractivity contribution is 1.13. The summed E-state index contributed by atoms with van der Waals surface area (Å²) in [5.41, 5.74) is 7.30. The molecule has 178 valence electrons. The van der Waals surface area contributed by atoms with Gasteiger partial charge in [0.25, 0.3) is 0 Å². The van der Waals surface area contributed by atoms with Gasteiger partial charge in [-0.15, -0.1) is 0 Å². The molecule has 2 heterocycles. The van der Waals surface area contributed by atoms with Crippen molar-refractivity contribution in [3.63, 3.8) is 0 Å². The Bertz CT molecular complexity index is 2110. The highest BCUT2D eigenvalue weighted by molar-refractivity contribution is 6.25. The maximum atomic E-state index is 2.37. The second-order valence-corrected chi connectivity index (χ2v) is 9.88. The smallest absolute Gasteiger partial charge is 0.0613 e. The maximum Gasteiger partial charge on any atom is 0.0613 e. The topological polar surface area (TPSA) is 9.86 Å². The van der Waals surface area contributed by atoms with Gasteiger partial charge >= 0.3 is 0 Å². The minimum Gasteiger partial charge on any atom is -0.317 e. The van der Waals surface area contributed by atoms with Crippen molar-refractivity contribution in [2.75, 3.05) is 0 Å². The summed E-state index contributed by atoms with van der Waals surface area (Å²) >= 11 is 0. The number of hydrogen-bond acceptors (Lipinski definition) is 0. The Morgan fingerprint density at radius 3 is 1.74 bits per heavy atom. The largest absolute Gasteiger partial charge is 0.317 e. The molecule has 0 aliphatic heterocycles. The highest BCUT2D eigenvalue weighted by Gasteiger charge is 2.14. The van der Waals surface area contributed by atoms with Crippen molar-refractivity contribution in [3.8, 4) is 22.5 Å². The summed E-state index contributed by atoms with van der Waals surface area (Å²) in [5.74, 6) is 0. The van der Waals surface area contributed by atoms with Crippen LogP contribution >= 0.6 is 0 Å². The number of para-hydroxylation sites is 2. The van der Waals surface area contributed by atoms with E-state index in [1.807, 2.05) is 0 Å². The van der Waals surface area contributed by atoms with Crippen molar-refractivity contribution in [3.05, 3.63) is 146 Å². The second-order valence-electron chi connectivity index (χ2n) is 9.88. The number of nitrogens with zero attached hydrogens (tertiary/aromatic N) is 2. The van der Waals surface area contributed by atoms with Crippen molar-refractivity contribution >= 4 is 43.4 Å². The van der Waals surface area contributed by atoms with Crippen LogP contribution in [0.4, 0.5) is 0 Å². The van der Waals surface area contributed by atoms with E-state index in [1.54, 1.807) is 0 Å². The molecule has 0 saturated heterocycles. The fourth-order valence-electron chi connectivity index (χ4n) is 5.97. The highest BCUT2D eigenvalue weighted by atomic mass is 15.0. The molecule has 6 aromatic carbocycles. The molecule has 0 fully saturated rings. The number of rotatable bonds is 3.